The minimum absolute atomic E-state index is 0.233. The summed E-state index contributed by atoms with van der Waals surface area (Å²) in [6.45, 7) is 7.20. The normalized spacial score (nSPS) is 15.2. The van der Waals surface area contributed by atoms with E-state index in [1.54, 1.807) is 32.4 Å². The summed E-state index contributed by atoms with van der Waals surface area (Å²) >= 11 is 0. The predicted octanol–water partition coefficient (Wildman–Crippen LogP) is 2.39. The molecule has 9 heteroatoms. The highest BCUT2D eigenvalue weighted by Crippen LogP contribution is 2.38. The zero-order valence-corrected chi connectivity index (χ0v) is 15.2. The number of carbonyl (C=O) groups excluding carboxylic acids is 1. The van der Waals surface area contributed by atoms with E-state index in [0.29, 0.717) is 17.6 Å². The van der Waals surface area contributed by atoms with Crippen molar-refractivity contribution in [3.8, 4) is 11.9 Å². The smallest absolute Gasteiger partial charge is 0.408 e. The molecule has 0 spiro atoms. The highest BCUT2D eigenvalue weighted by atomic mass is 16.6. The predicted molar refractivity (Wildman–Crippen MR) is 91.4 cm³/mol. The van der Waals surface area contributed by atoms with Crippen LogP contribution in [0.15, 0.2) is 12.4 Å². The summed E-state index contributed by atoms with van der Waals surface area (Å²) in [5.74, 6) is 2.01. The summed E-state index contributed by atoms with van der Waals surface area (Å²) in [5, 5.41) is 16.4. The second-order valence-corrected chi connectivity index (χ2v) is 7.26. The minimum atomic E-state index is -0.592. The fraction of sp³-hybridized carbons (Fsp3) is 0.529. The number of rotatable bonds is 4. The van der Waals surface area contributed by atoms with E-state index in [0.717, 1.165) is 18.7 Å². The summed E-state index contributed by atoms with van der Waals surface area (Å²) in [6.07, 6.45) is 2.87. The molecule has 1 aliphatic carbocycles. The van der Waals surface area contributed by atoms with E-state index in [1.807, 2.05) is 6.07 Å². The van der Waals surface area contributed by atoms with Gasteiger partial charge in [0.25, 0.3) is 0 Å². The van der Waals surface area contributed by atoms with Crippen LogP contribution in [0, 0.1) is 11.3 Å². The molecule has 1 amide bonds. The molecule has 0 aromatic carbocycles. The van der Waals surface area contributed by atoms with Crippen molar-refractivity contribution in [2.45, 2.75) is 58.1 Å². The Kier molecular flexibility index (Phi) is 4.59. The maximum absolute atomic E-state index is 12.1. The lowest BCUT2D eigenvalue weighted by Crippen LogP contribution is -2.35. The first-order valence-electron chi connectivity index (χ1n) is 8.45. The van der Waals surface area contributed by atoms with Crippen LogP contribution in [-0.4, -0.2) is 36.4 Å². The van der Waals surface area contributed by atoms with Crippen LogP contribution in [0.2, 0.25) is 0 Å². The standard InChI is InChI=1S/C17H21N7O2/c1-10(21-16(25)26-17(2,3)4)15-22-14(11-5-6-11)23-24(15)13-7-12(8-18)19-9-20-13/h7,9-11H,5-6H2,1-4H3,(H,21,25). The summed E-state index contributed by atoms with van der Waals surface area (Å²) in [6, 6.07) is 3.07. The molecule has 1 aliphatic rings. The molecule has 1 unspecified atom stereocenters. The van der Waals surface area contributed by atoms with Gasteiger partial charge in [0.2, 0.25) is 0 Å². The van der Waals surface area contributed by atoms with E-state index in [-0.39, 0.29) is 5.69 Å². The second-order valence-electron chi connectivity index (χ2n) is 7.26. The average molecular weight is 355 g/mol. The van der Waals surface area contributed by atoms with Gasteiger partial charge in [0, 0.05) is 12.0 Å². The summed E-state index contributed by atoms with van der Waals surface area (Å²) in [7, 11) is 0. The quantitative estimate of drug-likeness (QED) is 0.894. The lowest BCUT2D eigenvalue weighted by Gasteiger charge is -2.21. The Bertz CT molecular complexity index is 859. The Morgan fingerprint density at radius 1 is 1.42 bits per heavy atom. The van der Waals surface area contributed by atoms with Crippen molar-refractivity contribution < 1.29 is 9.53 Å². The van der Waals surface area contributed by atoms with Gasteiger partial charge >= 0.3 is 6.09 Å². The van der Waals surface area contributed by atoms with Crippen molar-refractivity contribution in [2.24, 2.45) is 0 Å². The number of alkyl carbamates (subject to hydrolysis) is 1. The molecule has 136 valence electrons. The Balaban J connectivity index is 1.90. The number of hydrogen-bond donors (Lipinski definition) is 1. The number of nitrogens with zero attached hydrogens (tertiary/aromatic N) is 6. The first kappa shape index (κ1) is 17.8. The summed E-state index contributed by atoms with van der Waals surface area (Å²) < 4.78 is 6.86. The zero-order chi connectivity index (χ0) is 18.9. The molecule has 0 bridgehead atoms. The Morgan fingerprint density at radius 2 is 2.15 bits per heavy atom. The Hall–Kier alpha value is -3.02. The van der Waals surface area contributed by atoms with E-state index in [9.17, 15) is 4.79 Å². The van der Waals surface area contributed by atoms with Crippen LogP contribution in [0.4, 0.5) is 4.79 Å². The van der Waals surface area contributed by atoms with Gasteiger partial charge in [-0.05, 0) is 40.5 Å². The number of nitrogens with one attached hydrogen (secondary N) is 1. The van der Waals surface area contributed by atoms with Crippen LogP contribution >= 0.6 is 0 Å². The summed E-state index contributed by atoms with van der Waals surface area (Å²) in [5.41, 5.74) is -0.359. The lowest BCUT2D eigenvalue weighted by molar-refractivity contribution is 0.0505. The molecule has 0 aliphatic heterocycles. The van der Waals surface area contributed by atoms with Crippen LogP contribution < -0.4 is 5.32 Å². The van der Waals surface area contributed by atoms with Crippen molar-refractivity contribution in [1.82, 2.24) is 30.0 Å². The second kappa shape index (κ2) is 6.71. The van der Waals surface area contributed by atoms with Gasteiger partial charge in [-0.25, -0.2) is 19.7 Å². The van der Waals surface area contributed by atoms with E-state index < -0.39 is 17.7 Å². The number of aromatic nitrogens is 5. The van der Waals surface area contributed by atoms with Gasteiger partial charge in [0.1, 0.15) is 23.7 Å². The topological polar surface area (TPSA) is 119 Å². The Labute approximate surface area is 151 Å². The molecule has 2 aromatic heterocycles. The van der Waals surface area contributed by atoms with E-state index in [4.69, 9.17) is 10.00 Å². The fourth-order valence-corrected chi connectivity index (χ4v) is 2.38. The van der Waals surface area contributed by atoms with E-state index >= 15 is 0 Å². The third-order valence-electron chi connectivity index (χ3n) is 3.70. The average Bonchev–Trinajstić information content (AvgIpc) is 3.31. The van der Waals surface area contributed by atoms with Crippen molar-refractivity contribution >= 4 is 6.09 Å². The number of ether oxygens (including phenoxy) is 1. The van der Waals surface area contributed by atoms with Gasteiger partial charge in [0.15, 0.2) is 17.5 Å². The first-order valence-corrected chi connectivity index (χ1v) is 8.45. The van der Waals surface area contributed by atoms with E-state index in [2.05, 4.69) is 25.4 Å². The molecule has 1 saturated carbocycles. The molecule has 1 atom stereocenters. The maximum atomic E-state index is 12.1. The molecular formula is C17H21N7O2. The highest BCUT2D eigenvalue weighted by molar-refractivity contribution is 5.68. The molecule has 1 N–H and O–H groups in total. The van der Waals surface area contributed by atoms with Gasteiger partial charge in [-0.2, -0.15) is 9.94 Å². The van der Waals surface area contributed by atoms with Crippen molar-refractivity contribution in [1.29, 1.82) is 5.26 Å². The number of nitriles is 1. The van der Waals surface area contributed by atoms with Crippen molar-refractivity contribution in [3.05, 3.63) is 29.7 Å². The van der Waals surface area contributed by atoms with Crippen LogP contribution in [0.3, 0.4) is 0 Å². The van der Waals surface area contributed by atoms with Gasteiger partial charge in [0.05, 0.1) is 6.04 Å². The first-order chi connectivity index (χ1) is 12.3. The number of amides is 1. The zero-order valence-electron chi connectivity index (χ0n) is 15.2. The van der Waals surface area contributed by atoms with Crippen LogP contribution in [0.5, 0.6) is 0 Å². The van der Waals surface area contributed by atoms with Crippen LogP contribution in [-0.2, 0) is 4.74 Å². The molecule has 2 aromatic rings. The highest BCUT2D eigenvalue weighted by Gasteiger charge is 2.31. The van der Waals surface area contributed by atoms with Gasteiger partial charge in [-0.15, -0.1) is 5.10 Å². The molecule has 26 heavy (non-hydrogen) atoms. The van der Waals surface area contributed by atoms with Crippen molar-refractivity contribution in [3.63, 3.8) is 0 Å². The molecule has 0 radical (unpaired) electrons. The van der Waals surface area contributed by atoms with Crippen molar-refractivity contribution in [2.75, 3.05) is 0 Å². The number of hydrogen-bond acceptors (Lipinski definition) is 7. The Morgan fingerprint density at radius 3 is 2.77 bits per heavy atom. The fourth-order valence-electron chi connectivity index (χ4n) is 2.38. The van der Waals surface area contributed by atoms with E-state index in [1.165, 1.54) is 12.4 Å². The minimum Gasteiger partial charge on any atom is -0.444 e. The third kappa shape index (κ3) is 4.14. The third-order valence-corrected chi connectivity index (χ3v) is 3.70. The van der Waals surface area contributed by atoms with Crippen LogP contribution in [0.1, 0.15) is 69.8 Å². The molecule has 0 saturated heterocycles. The van der Waals surface area contributed by atoms with Gasteiger partial charge in [-0.1, -0.05) is 0 Å². The SMILES string of the molecule is CC(NC(=O)OC(C)(C)C)c1nc(C2CC2)nn1-c1cc(C#N)ncn1. The molecule has 1 fully saturated rings. The maximum Gasteiger partial charge on any atom is 0.408 e. The monoisotopic (exact) mass is 355 g/mol. The molecule has 9 nitrogen and oxygen atoms in total. The van der Waals surface area contributed by atoms with Crippen LogP contribution in [0.25, 0.3) is 5.82 Å². The van der Waals surface area contributed by atoms with Gasteiger partial charge in [-0.3, -0.25) is 0 Å². The number of carbonyl (C=O) groups is 1. The molecule has 2 heterocycles. The lowest BCUT2D eigenvalue weighted by atomic mass is 10.2. The summed E-state index contributed by atoms with van der Waals surface area (Å²) in [4.78, 5) is 24.7. The molecular weight excluding hydrogens is 334 g/mol. The molecule has 3 rings (SSSR count). The van der Waals surface area contributed by atoms with Gasteiger partial charge < -0.3 is 10.1 Å². The largest absolute Gasteiger partial charge is 0.444 e.